The van der Waals surface area contributed by atoms with Gasteiger partial charge in [0.25, 0.3) is 5.91 Å². The fourth-order valence-corrected chi connectivity index (χ4v) is 3.81. The van der Waals surface area contributed by atoms with Crippen LogP contribution in [0.3, 0.4) is 0 Å². The van der Waals surface area contributed by atoms with Crippen LogP contribution in [0.2, 0.25) is 0 Å². The fraction of sp³-hybridized carbons (Fsp3) is 0.400. The van der Waals surface area contributed by atoms with Crippen molar-refractivity contribution >= 4 is 16.9 Å². The van der Waals surface area contributed by atoms with E-state index < -0.39 is 0 Å². The Bertz CT molecular complexity index is 948. The summed E-state index contributed by atoms with van der Waals surface area (Å²) < 4.78 is 0. The molecule has 4 rings (SSSR count). The molecule has 1 amide bonds. The Morgan fingerprint density at radius 2 is 2.19 bits per heavy atom. The van der Waals surface area contributed by atoms with Gasteiger partial charge in [-0.15, -0.1) is 0 Å². The third kappa shape index (κ3) is 3.31. The Kier molecular flexibility index (Phi) is 4.41. The Morgan fingerprint density at radius 3 is 3.04 bits per heavy atom. The molecule has 26 heavy (non-hydrogen) atoms. The number of pyridine rings is 1. The van der Waals surface area contributed by atoms with Crippen LogP contribution < -0.4 is 0 Å². The third-order valence-electron chi connectivity index (χ3n) is 5.12. The van der Waals surface area contributed by atoms with E-state index >= 15 is 0 Å². The molecule has 0 radical (unpaired) electrons. The summed E-state index contributed by atoms with van der Waals surface area (Å²) in [7, 11) is 0. The van der Waals surface area contributed by atoms with Crippen LogP contribution in [-0.2, 0) is 6.42 Å². The highest BCUT2D eigenvalue weighted by atomic mass is 16.2. The van der Waals surface area contributed by atoms with Crippen molar-refractivity contribution in [3.05, 3.63) is 53.4 Å². The van der Waals surface area contributed by atoms with Gasteiger partial charge in [0, 0.05) is 37.1 Å². The third-order valence-corrected chi connectivity index (χ3v) is 5.12. The van der Waals surface area contributed by atoms with Crippen molar-refractivity contribution in [3.63, 3.8) is 0 Å². The number of rotatable bonds is 3. The highest BCUT2D eigenvalue weighted by molar-refractivity contribution is 5.95. The molecule has 0 aliphatic carbocycles. The van der Waals surface area contributed by atoms with Crippen LogP contribution in [0.5, 0.6) is 0 Å². The fourth-order valence-electron chi connectivity index (χ4n) is 3.81. The average molecular weight is 349 g/mol. The number of H-pyrrole nitrogens is 1. The molecule has 6 nitrogen and oxygen atoms in total. The predicted octanol–water partition coefficient (Wildman–Crippen LogP) is 3.06. The number of likely N-dealkylation sites (tertiary alicyclic amines) is 1. The lowest BCUT2D eigenvalue weighted by atomic mass is 9.91. The van der Waals surface area contributed by atoms with Crippen LogP contribution in [0.25, 0.3) is 11.0 Å². The second-order valence-electron chi connectivity index (χ2n) is 7.14. The molecule has 134 valence electrons. The summed E-state index contributed by atoms with van der Waals surface area (Å²) in [5, 5.41) is 1.14. The van der Waals surface area contributed by atoms with Gasteiger partial charge in [0.1, 0.15) is 11.5 Å². The van der Waals surface area contributed by atoms with Crippen LogP contribution >= 0.6 is 0 Å². The molecule has 1 aliphatic heterocycles. The smallest absolute Gasteiger partial charge is 0.257 e. The zero-order valence-electron chi connectivity index (χ0n) is 15.2. The second kappa shape index (κ2) is 6.86. The molecule has 1 aliphatic rings. The quantitative estimate of drug-likeness (QED) is 0.788. The van der Waals surface area contributed by atoms with Crippen molar-refractivity contribution in [3.8, 4) is 0 Å². The molecule has 3 aromatic heterocycles. The number of fused-ring (bicyclic) bond motifs is 1. The monoisotopic (exact) mass is 349 g/mol. The lowest BCUT2D eigenvalue weighted by Crippen LogP contribution is -2.41. The van der Waals surface area contributed by atoms with Gasteiger partial charge in [-0.25, -0.2) is 15.0 Å². The van der Waals surface area contributed by atoms with Gasteiger partial charge >= 0.3 is 0 Å². The summed E-state index contributed by atoms with van der Waals surface area (Å²) in [6.45, 7) is 5.30. The lowest BCUT2D eigenvalue weighted by Gasteiger charge is -2.33. The summed E-state index contributed by atoms with van der Waals surface area (Å²) in [4.78, 5) is 31.0. The van der Waals surface area contributed by atoms with Gasteiger partial charge in [0.2, 0.25) is 0 Å². The number of nitrogens with zero attached hydrogens (tertiary/aromatic N) is 4. The number of aryl methyl sites for hydroxylation is 2. The number of hydrogen-bond acceptors (Lipinski definition) is 4. The summed E-state index contributed by atoms with van der Waals surface area (Å²) in [5.74, 6) is 1.20. The number of carbonyl (C=O) groups is 1. The van der Waals surface area contributed by atoms with Crippen molar-refractivity contribution in [1.29, 1.82) is 0 Å². The molecule has 0 saturated carbocycles. The molecule has 6 heteroatoms. The highest BCUT2D eigenvalue weighted by Gasteiger charge is 2.26. The number of piperidine rings is 1. The van der Waals surface area contributed by atoms with Gasteiger partial charge in [-0.1, -0.05) is 0 Å². The van der Waals surface area contributed by atoms with Crippen LogP contribution in [0, 0.1) is 19.8 Å². The summed E-state index contributed by atoms with van der Waals surface area (Å²) >= 11 is 0. The molecular formula is C20H23N5O. The molecular weight excluding hydrogens is 326 g/mol. The van der Waals surface area contributed by atoms with Crippen molar-refractivity contribution < 1.29 is 4.79 Å². The van der Waals surface area contributed by atoms with Crippen molar-refractivity contribution in [2.75, 3.05) is 13.1 Å². The average Bonchev–Trinajstić information content (AvgIpc) is 3.09. The lowest BCUT2D eigenvalue weighted by molar-refractivity contribution is 0.0671. The van der Waals surface area contributed by atoms with E-state index in [1.807, 2.05) is 37.2 Å². The first-order valence-electron chi connectivity index (χ1n) is 9.11. The van der Waals surface area contributed by atoms with E-state index in [0.29, 0.717) is 17.3 Å². The molecule has 1 saturated heterocycles. The van der Waals surface area contributed by atoms with Crippen LogP contribution in [0.15, 0.2) is 30.7 Å². The summed E-state index contributed by atoms with van der Waals surface area (Å²) in [5.41, 5.74) is 3.52. The number of amides is 1. The number of nitrogens with one attached hydrogen (secondary N) is 1. The van der Waals surface area contributed by atoms with Gasteiger partial charge in [0.15, 0.2) is 0 Å². The van der Waals surface area contributed by atoms with Gasteiger partial charge in [-0.3, -0.25) is 4.79 Å². The standard InChI is InChI=1S/C20H23N5O/c1-13-18(11-22-14(2)24-13)20(26)25-7-3-4-15(12-25)8-16-9-17-5-6-21-19(17)23-10-16/h5-6,9-11,15H,3-4,7-8,12H2,1-2H3,(H,21,23)/t15-/m0/s1. The van der Waals surface area contributed by atoms with Gasteiger partial charge in [-0.05, 0) is 56.7 Å². The number of aromatic nitrogens is 4. The van der Waals surface area contributed by atoms with E-state index in [-0.39, 0.29) is 5.91 Å². The van der Waals surface area contributed by atoms with Gasteiger partial charge in [-0.2, -0.15) is 0 Å². The Morgan fingerprint density at radius 1 is 1.31 bits per heavy atom. The zero-order chi connectivity index (χ0) is 18.1. The molecule has 1 fully saturated rings. The van der Waals surface area contributed by atoms with E-state index in [9.17, 15) is 4.79 Å². The maximum Gasteiger partial charge on any atom is 0.257 e. The van der Waals surface area contributed by atoms with E-state index in [0.717, 1.165) is 49.1 Å². The van der Waals surface area contributed by atoms with E-state index in [2.05, 4.69) is 26.0 Å². The normalized spacial score (nSPS) is 17.6. The summed E-state index contributed by atoms with van der Waals surface area (Å²) in [6, 6.07) is 4.24. The minimum atomic E-state index is 0.0476. The molecule has 0 aromatic carbocycles. The van der Waals surface area contributed by atoms with Crippen LogP contribution in [-0.4, -0.2) is 43.8 Å². The van der Waals surface area contributed by atoms with E-state index in [1.165, 1.54) is 5.56 Å². The number of hydrogen-bond donors (Lipinski definition) is 1. The van der Waals surface area contributed by atoms with E-state index in [4.69, 9.17) is 0 Å². The molecule has 0 spiro atoms. The maximum absolute atomic E-state index is 12.9. The largest absolute Gasteiger partial charge is 0.346 e. The van der Waals surface area contributed by atoms with Gasteiger partial charge in [0.05, 0.1) is 11.3 Å². The highest BCUT2D eigenvalue weighted by Crippen LogP contribution is 2.23. The van der Waals surface area contributed by atoms with Crippen molar-refractivity contribution in [2.24, 2.45) is 5.92 Å². The van der Waals surface area contributed by atoms with Crippen LogP contribution in [0.1, 0.15) is 40.3 Å². The minimum absolute atomic E-state index is 0.0476. The predicted molar refractivity (Wildman–Crippen MR) is 99.9 cm³/mol. The van der Waals surface area contributed by atoms with Crippen molar-refractivity contribution in [1.82, 2.24) is 24.8 Å². The first kappa shape index (κ1) is 16.7. The zero-order valence-corrected chi connectivity index (χ0v) is 15.2. The number of carbonyl (C=O) groups excluding carboxylic acids is 1. The Labute approximate surface area is 152 Å². The first-order valence-corrected chi connectivity index (χ1v) is 9.11. The Hall–Kier alpha value is -2.76. The first-order chi connectivity index (χ1) is 12.6. The summed E-state index contributed by atoms with van der Waals surface area (Å²) in [6.07, 6.45) is 8.63. The van der Waals surface area contributed by atoms with E-state index in [1.54, 1.807) is 6.20 Å². The molecule has 0 unspecified atom stereocenters. The minimum Gasteiger partial charge on any atom is -0.346 e. The number of aromatic amines is 1. The SMILES string of the molecule is Cc1ncc(C(=O)N2CCC[C@@H](Cc3cnc4[nH]ccc4c3)C2)c(C)n1. The second-order valence-corrected chi connectivity index (χ2v) is 7.14. The molecule has 1 N–H and O–H groups in total. The Balaban J connectivity index is 1.47. The van der Waals surface area contributed by atoms with Crippen LogP contribution in [0.4, 0.5) is 0 Å². The van der Waals surface area contributed by atoms with Crippen molar-refractivity contribution in [2.45, 2.75) is 33.1 Å². The topological polar surface area (TPSA) is 74.8 Å². The maximum atomic E-state index is 12.9. The molecule has 4 heterocycles. The molecule has 1 atom stereocenters. The van der Waals surface area contributed by atoms with Gasteiger partial charge < -0.3 is 9.88 Å². The molecule has 3 aromatic rings. The molecule has 0 bridgehead atoms.